The first kappa shape index (κ1) is 77.1. The van der Waals surface area contributed by atoms with Gasteiger partial charge in [0.25, 0.3) is 0 Å². The lowest BCUT2D eigenvalue weighted by Crippen LogP contribution is -2.30. The number of esters is 3. The number of allylic oxidation sites excluding steroid dienone is 18. The smallest absolute Gasteiger partial charge is 0.306 e. The maximum Gasteiger partial charge on any atom is 0.306 e. The zero-order chi connectivity index (χ0) is 58.5. The van der Waals surface area contributed by atoms with E-state index in [1.54, 1.807) is 0 Å². The molecule has 1 atom stereocenters. The second-order valence-corrected chi connectivity index (χ2v) is 22.7. The summed E-state index contributed by atoms with van der Waals surface area (Å²) in [5.74, 6) is -0.896. The van der Waals surface area contributed by atoms with Crippen LogP contribution in [0.3, 0.4) is 0 Å². The molecule has 0 amide bonds. The molecule has 0 aromatic heterocycles. The number of hydrogen-bond donors (Lipinski definition) is 0. The molecule has 0 saturated heterocycles. The summed E-state index contributed by atoms with van der Waals surface area (Å²) in [5, 5.41) is 0. The van der Waals surface area contributed by atoms with Gasteiger partial charge in [-0.2, -0.15) is 0 Å². The molecule has 0 spiro atoms. The highest BCUT2D eigenvalue weighted by atomic mass is 16.6. The first-order valence-corrected chi connectivity index (χ1v) is 34.4. The topological polar surface area (TPSA) is 78.9 Å². The molecule has 464 valence electrons. The molecule has 0 aromatic rings. The second-order valence-electron chi connectivity index (χ2n) is 22.7. The van der Waals surface area contributed by atoms with Crippen molar-refractivity contribution < 1.29 is 28.6 Å². The monoisotopic (exact) mass is 1120 g/mol. The van der Waals surface area contributed by atoms with E-state index in [0.29, 0.717) is 19.3 Å². The zero-order valence-electron chi connectivity index (χ0n) is 53.3. The molecule has 0 radical (unpaired) electrons. The Bertz CT molecular complexity index is 1620. The molecule has 1 unspecified atom stereocenters. The van der Waals surface area contributed by atoms with E-state index in [-0.39, 0.29) is 31.1 Å². The second kappa shape index (κ2) is 68.6. The summed E-state index contributed by atoms with van der Waals surface area (Å²) < 4.78 is 16.9. The molecular weight excluding hydrogens is 997 g/mol. The molecule has 0 saturated carbocycles. The van der Waals surface area contributed by atoms with Gasteiger partial charge >= 0.3 is 17.9 Å². The van der Waals surface area contributed by atoms with Gasteiger partial charge < -0.3 is 14.2 Å². The van der Waals surface area contributed by atoms with Gasteiger partial charge in [-0.25, -0.2) is 0 Å². The molecule has 0 rings (SSSR count). The maximum atomic E-state index is 12.9. The fourth-order valence-corrected chi connectivity index (χ4v) is 9.58. The first-order chi connectivity index (χ1) is 40.0. The van der Waals surface area contributed by atoms with Gasteiger partial charge in [0, 0.05) is 19.3 Å². The number of hydrogen-bond acceptors (Lipinski definition) is 6. The van der Waals surface area contributed by atoms with E-state index in [4.69, 9.17) is 14.2 Å². The van der Waals surface area contributed by atoms with Crippen LogP contribution in [-0.2, 0) is 28.6 Å². The quantitative estimate of drug-likeness (QED) is 0.0261. The number of rotatable bonds is 62. The van der Waals surface area contributed by atoms with E-state index in [2.05, 4.69) is 130 Å². The fraction of sp³-hybridized carbons (Fsp3) is 0.720. The standard InChI is InChI=1S/C75H128O6/c1-4-7-10-13-16-19-22-25-28-30-31-32-33-34-35-36-37-38-39-40-41-42-43-44-45-46-48-50-53-56-59-62-65-68-74(77)80-71-72(70-79-73(76)67-64-61-58-55-52-49-27-24-21-18-15-12-9-6-3)81-75(78)69-66-63-60-57-54-51-47-29-26-23-20-17-14-11-8-5-2/h7,10,15-16,18-19,24-25,27-29,31-32,34-35,37-38,47,72H,4-6,8-9,11-14,17,20-23,26,30,33,36,39-46,48-71H2,1-3H3/b10-7-,18-15-,19-16-,27-24-,28-25-,32-31-,35-34-,38-37-,47-29-. The van der Waals surface area contributed by atoms with Crippen LogP contribution in [0.5, 0.6) is 0 Å². The summed E-state index contributed by atoms with van der Waals surface area (Å²) in [6.45, 7) is 6.49. The molecule has 6 heteroatoms. The largest absolute Gasteiger partial charge is 0.462 e. The van der Waals surface area contributed by atoms with Gasteiger partial charge in [0.1, 0.15) is 13.2 Å². The molecule has 0 aromatic carbocycles. The minimum Gasteiger partial charge on any atom is -0.462 e. The molecule has 81 heavy (non-hydrogen) atoms. The Labute approximate surface area is 501 Å². The van der Waals surface area contributed by atoms with Crippen LogP contribution in [0, 0.1) is 0 Å². The van der Waals surface area contributed by atoms with Gasteiger partial charge in [-0.05, 0) is 122 Å². The van der Waals surface area contributed by atoms with Gasteiger partial charge in [-0.1, -0.05) is 297 Å². The average molecular weight is 1130 g/mol. The predicted molar refractivity (Wildman–Crippen MR) is 353 cm³/mol. The average Bonchev–Trinajstić information content (AvgIpc) is 3.47. The van der Waals surface area contributed by atoms with E-state index < -0.39 is 6.10 Å². The third-order valence-corrected chi connectivity index (χ3v) is 14.7. The molecule has 0 aliphatic heterocycles. The summed E-state index contributed by atoms with van der Waals surface area (Å²) in [4.78, 5) is 38.3. The third-order valence-electron chi connectivity index (χ3n) is 14.7. The Balaban J connectivity index is 4.22. The number of unbranched alkanes of at least 4 members (excludes halogenated alkanes) is 33. The van der Waals surface area contributed by atoms with Crippen LogP contribution >= 0.6 is 0 Å². The minimum atomic E-state index is -0.789. The first-order valence-electron chi connectivity index (χ1n) is 34.4. The lowest BCUT2D eigenvalue weighted by Gasteiger charge is -2.18. The maximum absolute atomic E-state index is 12.9. The van der Waals surface area contributed by atoms with Crippen LogP contribution in [0.15, 0.2) is 109 Å². The van der Waals surface area contributed by atoms with E-state index in [1.165, 1.54) is 161 Å². The van der Waals surface area contributed by atoms with Crippen molar-refractivity contribution in [3.63, 3.8) is 0 Å². The van der Waals surface area contributed by atoms with Crippen molar-refractivity contribution >= 4 is 17.9 Å². The summed E-state index contributed by atoms with van der Waals surface area (Å²) in [6, 6.07) is 0. The van der Waals surface area contributed by atoms with Crippen LogP contribution in [0.2, 0.25) is 0 Å². The SMILES string of the molecule is CC/C=C\C/C=C\C/C=C\C/C=C\C/C=C\C/C=C\CCCCCCCCCCCCCCCCC(=O)OCC(COC(=O)CCCCCCC/C=C\C/C=C\CCCC)OC(=O)CCCCCCC/C=C\CCCCCCCCC. The Kier molecular flexibility index (Phi) is 65.2. The zero-order valence-corrected chi connectivity index (χ0v) is 53.3. The highest BCUT2D eigenvalue weighted by Crippen LogP contribution is 2.16. The summed E-state index contributed by atoms with van der Waals surface area (Å²) in [7, 11) is 0. The fourth-order valence-electron chi connectivity index (χ4n) is 9.58. The van der Waals surface area contributed by atoms with Crippen molar-refractivity contribution in [2.24, 2.45) is 0 Å². The number of carbonyl (C=O) groups is 3. The van der Waals surface area contributed by atoms with Gasteiger partial charge in [0.15, 0.2) is 6.10 Å². The van der Waals surface area contributed by atoms with Gasteiger partial charge in [-0.15, -0.1) is 0 Å². The van der Waals surface area contributed by atoms with Gasteiger partial charge in [0.05, 0.1) is 0 Å². The van der Waals surface area contributed by atoms with Crippen molar-refractivity contribution in [2.45, 2.75) is 335 Å². The lowest BCUT2D eigenvalue weighted by atomic mass is 10.0. The number of ether oxygens (including phenoxy) is 3. The summed E-state index contributed by atoms with van der Waals surface area (Å²) in [6.07, 6.45) is 94.0. The molecule has 6 nitrogen and oxygen atoms in total. The molecular formula is C75H128O6. The van der Waals surface area contributed by atoms with Crippen molar-refractivity contribution in [1.29, 1.82) is 0 Å². The highest BCUT2D eigenvalue weighted by molar-refractivity contribution is 5.71. The van der Waals surface area contributed by atoms with Crippen molar-refractivity contribution in [3.05, 3.63) is 109 Å². The Morgan fingerprint density at radius 3 is 0.802 bits per heavy atom. The molecule has 0 bridgehead atoms. The normalized spacial score (nSPS) is 12.8. The van der Waals surface area contributed by atoms with Crippen LogP contribution in [-0.4, -0.2) is 37.2 Å². The van der Waals surface area contributed by atoms with E-state index in [9.17, 15) is 14.4 Å². The van der Waals surface area contributed by atoms with E-state index in [0.717, 1.165) is 128 Å². The molecule has 0 aliphatic rings. The third kappa shape index (κ3) is 66.8. The van der Waals surface area contributed by atoms with Crippen LogP contribution in [0.25, 0.3) is 0 Å². The van der Waals surface area contributed by atoms with E-state index in [1.807, 2.05) is 0 Å². The number of carbonyl (C=O) groups excluding carboxylic acids is 3. The molecule has 0 heterocycles. The van der Waals surface area contributed by atoms with Crippen molar-refractivity contribution in [1.82, 2.24) is 0 Å². The van der Waals surface area contributed by atoms with E-state index >= 15 is 0 Å². The van der Waals surface area contributed by atoms with Gasteiger partial charge in [0.2, 0.25) is 0 Å². The van der Waals surface area contributed by atoms with Crippen LogP contribution in [0.4, 0.5) is 0 Å². The summed E-state index contributed by atoms with van der Waals surface area (Å²) >= 11 is 0. The van der Waals surface area contributed by atoms with Crippen molar-refractivity contribution in [2.75, 3.05) is 13.2 Å². The summed E-state index contributed by atoms with van der Waals surface area (Å²) in [5.41, 5.74) is 0. The Morgan fingerprint density at radius 2 is 0.494 bits per heavy atom. The van der Waals surface area contributed by atoms with Crippen LogP contribution in [0.1, 0.15) is 329 Å². The highest BCUT2D eigenvalue weighted by Gasteiger charge is 2.19. The molecule has 0 N–H and O–H groups in total. The van der Waals surface area contributed by atoms with Crippen molar-refractivity contribution in [3.8, 4) is 0 Å². The minimum absolute atomic E-state index is 0.0843. The van der Waals surface area contributed by atoms with Gasteiger partial charge in [-0.3, -0.25) is 14.4 Å². The lowest BCUT2D eigenvalue weighted by molar-refractivity contribution is -0.167. The van der Waals surface area contributed by atoms with Crippen LogP contribution < -0.4 is 0 Å². The molecule has 0 fully saturated rings. The molecule has 0 aliphatic carbocycles. The Morgan fingerprint density at radius 1 is 0.259 bits per heavy atom. The predicted octanol–water partition coefficient (Wildman–Crippen LogP) is 23.8. The Hall–Kier alpha value is -3.93.